The number of aromatic nitrogens is 4. The highest BCUT2D eigenvalue weighted by Gasteiger charge is 2.12. The summed E-state index contributed by atoms with van der Waals surface area (Å²) in [5, 5.41) is 0. The van der Waals surface area contributed by atoms with E-state index in [1.54, 1.807) is 7.05 Å². The molecule has 0 amide bonds. The minimum Gasteiger partial charge on any atom is -0.339 e. The minimum absolute atomic E-state index is 0.317. The molecular formula is C10H15N5O2. The maximum absolute atomic E-state index is 12.0. The lowest BCUT2D eigenvalue weighted by molar-refractivity contribution is 0.375. The van der Waals surface area contributed by atoms with Crippen LogP contribution in [0.4, 0.5) is 0 Å². The number of hydrogen-bond acceptors (Lipinski definition) is 4. The molecule has 2 rings (SSSR count). The average molecular weight is 237 g/mol. The van der Waals surface area contributed by atoms with E-state index >= 15 is 0 Å². The van der Waals surface area contributed by atoms with Crippen molar-refractivity contribution in [2.24, 2.45) is 7.05 Å². The molecule has 0 aliphatic rings. The van der Waals surface area contributed by atoms with Crippen LogP contribution >= 0.6 is 0 Å². The Balaban J connectivity index is 2.63. The molecular weight excluding hydrogens is 222 g/mol. The maximum Gasteiger partial charge on any atom is 0.332 e. The summed E-state index contributed by atoms with van der Waals surface area (Å²) in [7, 11) is 5.39. The van der Waals surface area contributed by atoms with Crippen LogP contribution in [-0.4, -0.2) is 44.6 Å². The molecule has 0 radical (unpaired) electrons. The molecule has 0 saturated heterocycles. The lowest BCUT2D eigenvalue weighted by Crippen LogP contribution is -2.41. The van der Waals surface area contributed by atoms with Gasteiger partial charge in [-0.15, -0.1) is 0 Å². The Kier molecular flexibility index (Phi) is 2.84. The van der Waals surface area contributed by atoms with E-state index in [1.807, 2.05) is 19.0 Å². The van der Waals surface area contributed by atoms with Gasteiger partial charge in [0.25, 0.3) is 5.56 Å². The number of aromatic amines is 1. The number of fused-ring (bicyclic) bond motifs is 1. The van der Waals surface area contributed by atoms with E-state index in [9.17, 15) is 9.59 Å². The van der Waals surface area contributed by atoms with Crippen LogP contribution in [0.15, 0.2) is 15.9 Å². The third kappa shape index (κ3) is 1.89. The summed E-state index contributed by atoms with van der Waals surface area (Å²) in [6, 6.07) is 0. The Labute approximate surface area is 97.3 Å². The van der Waals surface area contributed by atoms with E-state index in [-0.39, 0.29) is 11.2 Å². The van der Waals surface area contributed by atoms with Gasteiger partial charge in [0.1, 0.15) is 5.52 Å². The van der Waals surface area contributed by atoms with Gasteiger partial charge in [0, 0.05) is 20.1 Å². The third-order valence-corrected chi connectivity index (χ3v) is 2.68. The molecule has 0 aromatic carbocycles. The molecule has 2 aromatic rings. The molecule has 0 unspecified atom stereocenters. The summed E-state index contributed by atoms with van der Waals surface area (Å²) in [5.41, 5.74) is 0.103. The molecule has 1 N–H and O–H groups in total. The van der Waals surface area contributed by atoms with Crippen molar-refractivity contribution in [3.8, 4) is 0 Å². The van der Waals surface area contributed by atoms with Crippen molar-refractivity contribution in [3.05, 3.63) is 27.2 Å². The summed E-state index contributed by atoms with van der Waals surface area (Å²) >= 11 is 0. The summed E-state index contributed by atoms with van der Waals surface area (Å²) in [6.07, 6.45) is 1.42. The lowest BCUT2D eigenvalue weighted by Gasteiger charge is -2.11. The second kappa shape index (κ2) is 4.17. The fourth-order valence-corrected chi connectivity index (χ4v) is 1.69. The van der Waals surface area contributed by atoms with Crippen LogP contribution in [0, 0.1) is 0 Å². The van der Waals surface area contributed by atoms with Crippen molar-refractivity contribution in [3.63, 3.8) is 0 Å². The molecule has 0 saturated carbocycles. The topological polar surface area (TPSA) is 75.9 Å². The van der Waals surface area contributed by atoms with Gasteiger partial charge in [0.15, 0.2) is 5.65 Å². The van der Waals surface area contributed by atoms with Crippen LogP contribution in [0.1, 0.15) is 0 Å². The zero-order valence-corrected chi connectivity index (χ0v) is 10.1. The van der Waals surface area contributed by atoms with Gasteiger partial charge in [0.05, 0.1) is 6.33 Å². The van der Waals surface area contributed by atoms with E-state index < -0.39 is 0 Å². The van der Waals surface area contributed by atoms with E-state index in [4.69, 9.17) is 0 Å². The number of hydrogen-bond donors (Lipinski definition) is 1. The predicted octanol–water partition coefficient (Wildman–Crippen LogP) is -1.02. The molecule has 0 fully saturated rings. The largest absolute Gasteiger partial charge is 0.339 e. The summed E-state index contributed by atoms with van der Waals surface area (Å²) in [6.45, 7) is 1.00. The van der Waals surface area contributed by atoms with Crippen molar-refractivity contribution in [1.82, 2.24) is 24.0 Å². The van der Waals surface area contributed by atoms with Crippen LogP contribution < -0.4 is 11.2 Å². The van der Waals surface area contributed by atoms with Crippen molar-refractivity contribution in [2.45, 2.75) is 6.54 Å². The highest BCUT2D eigenvalue weighted by atomic mass is 16.2. The SMILES string of the molecule is CN(C)CCn1c(=O)c2[nH]cnc2n(C)c1=O. The Morgan fingerprint density at radius 2 is 2.12 bits per heavy atom. The Morgan fingerprint density at radius 3 is 2.76 bits per heavy atom. The zero-order chi connectivity index (χ0) is 12.6. The highest BCUT2D eigenvalue weighted by molar-refractivity contribution is 5.68. The van der Waals surface area contributed by atoms with Crippen molar-refractivity contribution < 1.29 is 0 Å². The molecule has 92 valence electrons. The first-order valence-electron chi connectivity index (χ1n) is 5.30. The number of rotatable bonds is 3. The zero-order valence-electron chi connectivity index (χ0n) is 10.1. The van der Waals surface area contributed by atoms with Gasteiger partial charge in [-0.05, 0) is 14.1 Å². The molecule has 2 heterocycles. The number of nitrogens with one attached hydrogen (secondary N) is 1. The van der Waals surface area contributed by atoms with Crippen molar-refractivity contribution in [2.75, 3.05) is 20.6 Å². The second-order valence-electron chi connectivity index (χ2n) is 4.20. The third-order valence-electron chi connectivity index (χ3n) is 2.68. The number of nitrogens with zero attached hydrogens (tertiary/aromatic N) is 4. The number of likely N-dealkylation sites (N-methyl/N-ethyl adjacent to an activating group) is 1. The van der Waals surface area contributed by atoms with E-state index in [0.717, 1.165) is 0 Å². The summed E-state index contributed by atoms with van der Waals surface area (Å²) in [5.74, 6) is 0. The molecule has 0 spiro atoms. The van der Waals surface area contributed by atoms with E-state index in [1.165, 1.54) is 15.5 Å². The van der Waals surface area contributed by atoms with Crippen LogP contribution in [0.25, 0.3) is 11.2 Å². The Hall–Kier alpha value is -1.89. The maximum atomic E-state index is 12.0. The van der Waals surface area contributed by atoms with Gasteiger partial charge in [0.2, 0.25) is 0 Å². The first-order valence-corrected chi connectivity index (χ1v) is 5.30. The van der Waals surface area contributed by atoms with Gasteiger partial charge in [-0.1, -0.05) is 0 Å². The molecule has 7 heteroatoms. The first-order chi connectivity index (χ1) is 8.02. The number of aryl methyl sites for hydroxylation is 1. The fourth-order valence-electron chi connectivity index (χ4n) is 1.69. The quantitative estimate of drug-likeness (QED) is 0.741. The van der Waals surface area contributed by atoms with E-state index in [0.29, 0.717) is 24.3 Å². The molecule has 0 aliphatic carbocycles. The van der Waals surface area contributed by atoms with Crippen LogP contribution in [-0.2, 0) is 13.6 Å². The van der Waals surface area contributed by atoms with Crippen LogP contribution in [0.5, 0.6) is 0 Å². The molecule has 0 atom stereocenters. The Morgan fingerprint density at radius 1 is 1.41 bits per heavy atom. The van der Waals surface area contributed by atoms with Gasteiger partial charge in [-0.2, -0.15) is 0 Å². The van der Waals surface area contributed by atoms with Crippen molar-refractivity contribution in [1.29, 1.82) is 0 Å². The molecule has 0 bridgehead atoms. The first kappa shape index (κ1) is 11.6. The van der Waals surface area contributed by atoms with Gasteiger partial charge < -0.3 is 9.88 Å². The summed E-state index contributed by atoms with van der Waals surface area (Å²) in [4.78, 5) is 32.6. The molecule has 17 heavy (non-hydrogen) atoms. The normalized spacial score (nSPS) is 11.5. The number of imidazole rings is 1. The monoisotopic (exact) mass is 237 g/mol. The van der Waals surface area contributed by atoms with E-state index in [2.05, 4.69) is 9.97 Å². The molecule has 7 nitrogen and oxygen atoms in total. The second-order valence-corrected chi connectivity index (χ2v) is 4.20. The smallest absolute Gasteiger partial charge is 0.332 e. The average Bonchev–Trinajstić information content (AvgIpc) is 2.75. The van der Waals surface area contributed by atoms with Gasteiger partial charge >= 0.3 is 5.69 Å². The van der Waals surface area contributed by atoms with Gasteiger partial charge in [-0.3, -0.25) is 13.9 Å². The highest BCUT2D eigenvalue weighted by Crippen LogP contribution is 1.98. The lowest BCUT2D eigenvalue weighted by atomic mass is 10.5. The standard InChI is InChI=1S/C10H15N5O2/c1-13(2)4-5-15-9(16)7-8(12-6-11-7)14(3)10(15)17/h6H,4-5H2,1-3H3,(H,11,12). The molecule has 0 aliphatic heterocycles. The van der Waals surface area contributed by atoms with Crippen molar-refractivity contribution >= 4 is 11.2 Å². The fraction of sp³-hybridized carbons (Fsp3) is 0.500. The predicted molar refractivity (Wildman–Crippen MR) is 64.1 cm³/mol. The number of H-pyrrole nitrogens is 1. The Bertz CT molecular complexity index is 649. The summed E-state index contributed by atoms with van der Waals surface area (Å²) < 4.78 is 2.60. The van der Waals surface area contributed by atoms with Crippen LogP contribution in [0.2, 0.25) is 0 Å². The van der Waals surface area contributed by atoms with Gasteiger partial charge in [-0.25, -0.2) is 9.78 Å². The minimum atomic E-state index is -0.337. The van der Waals surface area contributed by atoms with Crippen LogP contribution in [0.3, 0.4) is 0 Å². The molecule has 2 aromatic heterocycles.